The van der Waals surface area contributed by atoms with Gasteiger partial charge in [-0.2, -0.15) is 27.0 Å². The Morgan fingerprint density at radius 3 is 2.16 bits per heavy atom. The van der Waals surface area contributed by atoms with E-state index >= 15 is 0 Å². The average Bonchev–Trinajstić information content (AvgIpc) is 2.89. The second-order valence-corrected chi connectivity index (χ2v) is 7.50. The minimum Gasteiger partial charge on any atom is -0.271 e. The van der Waals surface area contributed by atoms with E-state index < -0.39 is 0 Å². The first kappa shape index (κ1) is 15.7. The van der Waals surface area contributed by atoms with Crippen LogP contribution in [0.25, 0.3) is 0 Å². The molecule has 0 atom stereocenters. The zero-order chi connectivity index (χ0) is 13.8. The van der Waals surface area contributed by atoms with Crippen molar-refractivity contribution in [2.24, 2.45) is 0 Å². The van der Waals surface area contributed by atoms with Crippen LogP contribution >= 0.6 is 61.5 Å². The van der Waals surface area contributed by atoms with Crippen molar-refractivity contribution in [1.82, 2.24) is 20.3 Å². The molecule has 106 valence electrons. The monoisotopic (exact) mass is 352 g/mol. The van der Waals surface area contributed by atoms with Crippen LogP contribution in [0.1, 0.15) is 6.42 Å². The number of rotatable bonds is 2. The molecule has 2 rings (SSSR count). The summed E-state index contributed by atoms with van der Waals surface area (Å²) in [6.45, 7) is 2.72. The van der Waals surface area contributed by atoms with Gasteiger partial charge in [0.05, 0.1) is 0 Å². The van der Waals surface area contributed by atoms with Crippen molar-refractivity contribution in [3.05, 3.63) is 12.3 Å². The van der Waals surface area contributed by atoms with E-state index in [1.165, 1.54) is 0 Å². The second-order valence-electron chi connectivity index (χ2n) is 4.05. The van der Waals surface area contributed by atoms with E-state index in [1.54, 1.807) is 0 Å². The minimum absolute atomic E-state index is 0.459. The van der Waals surface area contributed by atoms with Crippen LogP contribution in [-0.4, -0.2) is 60.0 Å². The van der Waals surface area contributed by atoms with Gasteiger partial charge in [-0.05, 0) is 30.9 Å². The molecule has 0 saturated carbocycles. The van der Waals surface area contributed by atoms with Crippen LogP contribution < -0.4 is 0 Å². The van der Waals surface area contributed by atoms with E-state index in [9.17, 15) is 0 Å². The van der Waals surface area contributed by atoms with Crippen LogP contribution in [0.15, 0.2) is 12.3 Å². The number of nitrogens with zero attached hydrogens (tertiary/aromatic N) is 4. The van der Waals surface area contributed by atoms with Crippen molar-refractivity contribution in [1.29, 1.82) is 0 Å². The van der Waals surface area contributed by atoms with Gasteiger partial charge in [0.2, 0.25) is 0 Å². The quantitative estimate of drug-likeness (QED) is 0.443. The lowest BCUT2D eigenvalue weighted by Gasteiger charge is -2.46. The summed E-state index contributed by atoms with van der Waals surface area (Å²) >= 11 is 21.2. The van der Waals surface area contributed by atoms with Gasteiger partial charge >= 0.3 is 0 Å². The summed E-state index contributed by atoms with van der Waals surface area (Å²) < 4.78 is 0.935. The molecule has 2 aliphatic heterocycles. The third-order valence-corrected chi connectivity index (χ3v) is 4.45. The first-order valence-corrected chi connectivity index (χ1v) is 8.79. The molecule has 1 saturated heterocycles. The van der Waals surface area contributed by atoms with Crippen LogP contribution in [0.5, 0.6) is 0 Å². The summed E-state index contributed by atoms with van der Waals surface area (Å²) in [5, 5.41) is 7.84. The average molecular weight is 353 g/mol. The smallest absolute Gasteiger partial charge is 0.176 e. The normalized spacial score (nSPS) is 19.6. The topological polar surface area (TPSA) is 13.0 Å². The molecule has 0 radical (unpaired) electrons. The molecule has 0 aromatic rings. The minimum atomic E-state index is 0.459. The fourth-order valence-corrected chi connectivity index (χ4v) is 3.67. The van der Waals surface area contributed by atoms with Gasteiger partial charge in [0.25, 0.3) is 0 Å². The summed E-state index contributed by atoms with van der Waals surface area (Å²) in [4.78, 5) is 0. The Balaban J connectivity index is 2.20. The van der Waals surface area contributed by atoms with Crippen molar-refractivity contribution < 1.29 is 0 Å². The van der Waals surface area contributed by atoms with Crippen LogP contribution in [0, 0.1) is 0 Å². The standard InChI is InChI=1S/C10H16N4S5/c15-9(16)13(11-3-1-2-4-11)14(10(17)18)12-5-7-19-8-6-12/h1,3H,2,4-8H2,(H,15,16)(H,17,18). The van der Waals surface area contributed by atoms with Crippen molar-refractivity contribution >= 4 is 70.1 Å². The maximum absolute atomic E-state index is 5.28. The molecule has 1 fully saturated rings. The third kappa shape index (κ3) is 3.92. The zero-order valence-corrected chi connectivity index (χ0v) is 14.5. The number of thiocarbonyl (C=S) groups is 2. The molecule has 0 aliphatic carbocycles. The van der Waals surface area contributed by atoms with E-state index in [0.29, 0.717) is 8.64 Å². The van der Waals surface area contributed by atoms with E-state index in [1.807, 2.05) is 33.2 Å². The largest absolute Gasteiger partial charge is 0.271 e. The van der Waals surface area contributed by atoms with Gasteiger partial charge in [-0.1, -0.05) is 6.08 Å². The SMILES string of the molecule is S=C(S)N(N1C=CCC1)N(C(=S)S)N1CCSCC1. The van der Waals surface area contributed by atoms with Gasteiger partial charge in [-0.15, -0.1) is 25.3 Å². The number of hydrogen-bond donors (Lipinski definition) is 2. The lowest BCUT2D eigenvalue weighted by Crippen LogP contribution is -2.61. The van der Waals surface area contributed by atoms with E-state index in [0.717, 1.165) is 37.6 Å². The molecule has 2 aliphatic rings. The van der Waals surface area contributed by atoms with E-state index in [2.05, 4.69) is 36.3 Å². The van der Waals surface area contributed by atoms with Gasteiger partial charge < -0.3 is 0 Å². The molecule has 0 aromatic heterocycles. The summed E-state index contributed by atoms with van der Waals surface area (Å²) in [5.74, 6) is 2.16. The summed E-state index contributed by atoms with van der Waals surface area (Å²) in [7, 11) is 0. The number of thioether (sulfide) groups is 1. The maximum Gasteiger partial charge on any atom is 0.176 e. The lowest BCUT2D eigenvalue weighted by molar-refractivity contribution is -0.154. The molecule has 0 amide bonds. The Hall–Kier alpha value is 0.330. The number of thiol groups is 2. The molecule has 0 unspecified atom stereocenters. The molecule has 0 spiro atoms. The highest BCUT2D eigenvalue weighted by molar-refractivity contribution is 8.11. The van der Waals surface area contributed by atoms with Crippen LogP contribution in [0.3, 0.4) is 0 Å². The van der Waals surface area contributed by atoms with E-state index in [-0.39, 0.29) is 0 Å². The fraction of sp³-hybridized carbons (Fsp3) is 0.600. The van der Waals surface area contributed by atoms with Crippen molar-refractivity contribution in [2.75, 3.05) is 31.1 Å². The summed E-state index contributed by atoms with van der Waals surface area (Å²) in [6, 6.07) is 0. The molecule has 4 nitrogen and oxygen atoms in total. The summed E-state index contributed by atoms with van der Waals surface area (Å²) in [5.41, 5.74) is 0. The number of hydrogen-bond acceptors (Lipinski definition) is 5. The molecule has 9 heteroatoms. The Labute approximate surface area is 139 Å². The van der Waals surface area contributed by atoms with Crippen LogP contribution in [-0.2, 0) is 0 Å². The Bertz CT molecular complexity index is 382. The van der Waals surface area contributed by atoms with Gasteiger partial charge in [-0.3, -0.25) is 5.01 Å². The highest BCUT2D eigenvalue weighted by atomic mass is 32.2. The first-order chi connectivity index (χ1) is 9.11. The van der Waals surface area contributed by atoms with Gasteiger partial charge in [0, 0.05) is 37.3 Å². The third-order valence-electron chi connectivity index (χ3n) is 2.82. The van der Waals surface area contributed by atoms with E-state index in [4.69, 9.17) is 24.4 Å². The van der Waals surface area contributed by atoms with Gasteiger partial charge in [-0.25, -0.2) is 0 Å². The van der Waals surface area contributed by atoms with Crippen molar-refractivity contribution in [3.63, 3.8) is 0 Å². The van der Waals surface area contributed by atoms with Crippen LogP contribution in [0.2, 0.25) is 0 Å². The fourth-order valence-electron chi connectivity index (χ4n) is 2.00. The Kier molecular flexibility index (Phi) is 6.10. The van der Waals surface area contributed by atoms with Crippen molar-refractivity contribution in [2.45, 2.75) is 6.42 Å². The van der Waals surface area contributed by atoms with Gasteiger partial charge in [0.15, 0.2) is 8.64 Å². The Morgan fingerprint density at radius 1 is 1.05 bits per heavy atom. The van der Waals surface area contributed by atoms with Crippen LogP contribution in [0.4, 0.5) is 0 Å². The maximum atomic E-state index is 5.28. The second kappa shape index (κ2) is 7.37. The molecule has 0 bridgehead atoms. The molecular formula is C10H16N4S5. The Morgan fingerprint density at radius 2 is 1.68 bits per heavy atom. The highest BCUT2D eigenvalue weighted by Crippen LogP contribution is 2.21. The highest BCUT2D eigenvalue weighted by Gasteiger charge is 2.30. The predicted octanol–water partition coefficient (Wildman–Crippen LogP) is 2.03. The van der Waals surface area contributed by atoms with Crippen molar-refractivity contribution in [3.8, 4) is 0 Å². The molecule has 2 heterocycles. The molecule has 0 aromatic carbocycles. The first-order valence-electron chi connectivity index (χ1n) is 5.93. The molecule has 19 heavy (non-hydrogen) atoms. The molecular weight excluding hydrogens is 336 g/mol. The summed E-state index contributed by atoms with van der Waals surface area (Å²) in [6.07, 6.45) is 5.10. The van der Waals surface area contributed by atoms with Gasteiger partial charge in [0.1, 0.15) is 0 Å². The predicted molar refractivity (Wildman–Crippen MR) is 96.2 cm³/mol. The zero-order valence-electron chi connectivity index (χ0n) is 10.3. The molecule has 0 N–H and O–H groups in total. The number of hydrazine groups is 3. The lowest BCUT2D eigenvalue weighted by atomic mass is 10.5.